The van der Waals surface area contributed by atoms with Gasteiger partial charge in [0.2, 0.25) is 5.91 Å². The van der Waals surface area contributed by atoms with E-state index in [-0.39, 0.29) is 5.92 Å². The highest BCUT2D eigenvalue weighted by Gasteiger charge is 2.28. The van der Waals surface area contributed by atoms with Crippen LogP contribution in [0.1, 0.15) is 32.1 Å². The van der Waals surface area contributed by atoms with Crippen LogP contribution in [0.4, 0.5) is 11.5 Å². The third-order valence-corrected chi connectivity index (χ3v) is 4.66. The molecular formula is C16H24N4O. The van der Waals surface area contributed by atoms with E-state index in [0.717, 1.165) is 44.8 Å². The van der Waals surface area contributed by atoms with Crippen LogP contribution in [0.2, 0.25) is 0 Å². The number of carbonyl (C=O) groups excluding carboxylic acids is 1. The Labute approximate surface area is 126 Å². The summed E-state index contributed by atoms with van der Waals surface area (Å²) in [7, 11) is 0. The van der Waals surface area contributed by atoms with Crippen molar-refractivity contribution in [1.82, 2.24) is 9.88 Å². The molecule has 0 spiro atoms. The molecule has 1 aliphatic carbocycles. The maximum Gasteiger partial charge on any atom is 0.225 e. The smallest absolute Gasteiger partial charge is 0.225 e. The number of nitrogens with zero attached hydrogens (tertiary/aromatic N) is 3. The van der Waals surface area contributed by atoms with Gasteiger partial charge < -0.3 is 15.5 Å². The molecule has 3 rings (SSSR count). The summed E-state index contributed by atoms with van der Waals surface area (Å²) >= 11 is 0. The fourth-order valence-corrected chi connectivity index (χ4v) is 3.42. The Kier molecular flexibility index (Phi) is 4.27. The highest BCUT2D eigenvalue weighted by molar-refractivity contribution is 5.79. The van der Waals surface area contributed by atoms with E-state index in [1.165, 1.54) is 19.3 Å². The maximum absolute atomic E-state index is 12.5. The average Bonchev–Trinajstić information content (AvgIpc) is 2.56. The predicted octanol–water partition coefficient (Wildman–Crippen LogP) is 1.89. The lowest BCUT2D eigenvalue weighted by Gasteiger charge is -2.38. The lowest BCUT2D eigenvalue weighted by molar-refractivity contribution is -0.136. The molecule has 2 N–H and O–H groups in total. The summed E-state index contributed by atoms with van der Waals surface area (Å²) in [5, 5.41) is 0. The first-order chi connectivity index (χ1) is 10.3. The number of aromatic nitrogens is 1. The lowest BCUT2D eigenvalue weighted by Crippen LogP contribution is -2.51. The van der Waals surface area contributed by atoms with Crippen molar-refractivity contribution in [1.29, 1.82) is 0 Å². The maximum atomic E-state index is 12.5. The van der Waals surface area contributed by atoms with Gasteiger partial charge in [-0.15, -0.1) is 0 Å². The minimum Gasteiger partial charge on any atom is -0.396 e. The van der Waals surface area contributed by atoms with Gasteiger partial charge in [-0.25, -0.2) is 4.98 Å². The van der Waals surface area contributed by atoms with E-state index in [1.807, 2.05) is 17.0 Å². The summed E-state index contributed by atoms with van der Waals surface area (Å²) in [5.41, 5.74) is 6.69. The highest BCUT2D eigenvalue weighted by Crippen LogP contribution is 2.26. The summed E-state index contributed by atoms with van der Waals surface area (Å²) in [6.45, 7) is 3.20. The number of hydrogen-bond donors (Lipinski definition) is 1. The normalized spacial score (nSPS) is 20.6. The first-order valence-electron chi connectivity index (χ1n) is 8.00. The molecule has 1 aliphatic heterocycles. The van der Waals surface area contributed by atoms with Gasteiger partial charge in [-0.05, 0) is 25.0 Å². The molecule has 0 unspecified atom stereocenters. The van der Waals surface area contributed by atoms with Gasteiger partial charge in [0.25, 0.3) is 0 Å². The molecular weight excluding hydrogens is 264 g/mol. The lowest BCUT2D eigenvalue weighted by atomic mass is 9.88. The summed E-state index contributed by atoms with van der Waals surface area (Å²) in [6.07, 6.45) is 7.63. The molecule has 5 nitrogen and oxygen atoms in total. The predicted molar refractivity (Wildman–Crippen MR) is 84.0 cm³/mol. The van der Waals surface area contributed by atoms with Crippen LogP contribution in [0.15, 0.2) is 18.3 Å². The molecule has 0 aromatic carbocycles. The monoisotopic (exact) mass is 288 g/mol. The van der Waals surface area contributed by atoms with Crippen molar-refractivity contribution in [3.8, 4) is 0 Å². The fourth-order valence-electron chi connectivity index (χ4n) is 3.42. The van der Waals surface area contributed by atoms with Crippen LogP contribution >= 0.6 is 0 Å². The van der Waals surface area contributed by atoms with Crippen molar-refractivity contribution in [2.45, 2.75) is 32.1 Å². The average molecular weight is 288 g/mol. The van der Waals surface area contributed by atoms with Crippen LogP contribution in [0, 0.1) is 5.92 Å². The van der Waals surface area contributed by atoms with E-state index in [9.17, 15) is 4.79 Å². The standard InChI is InChI=1S/C16H24N4O/c17-14-7-4-8-18-15(14)19-9-11-20(12-10-19)16(21)13-5-2-1-3-6-13/h4,7-8,13H,1-3,5-6,9-12,17H2. The van der Waals surface area contributed by atoms with Crippen LogP contribution in [0.5, 0.6) is 0 Å². The molecule has 0 bridgehead atoms. The molecule has 2 aliphatic rings. The van der Waals surface area contributed by atoms with E-state index < -0.39 is 0 Å². The molecule has 114 valence electrons. The van der Waals surface area contributed by atoms with Gasteiger partial charge in [0.05, 0.1) is 5.69 Å². The molecule has 1 amide bonds. The Morgan fingerprint density at radius 2 is 1.86 bits per heavy atom. The Balaban J connectivity index is 1.57. The molecule has 0 atom stereocenters. The van der Waals surface area contributed by atoms with E-state index in [1.54, 1.807) is 6.20 Å². The Morgan fingerprint density at radius 3 is 2.52 bits per heavy atom. The zero-order valence-electron chi connectivity index (χ0n) is 12.5. The Bertz CT molecular complexity index is 491. The number of anilines is 2. The van der Waals surface area contributed by atoms with Gasteiger partial charge in [0.15, 0.2) is 5.82 Å². The second-order valence-corrected chi connectivity index (χ2v) is 6.06. The van der Waals surface area contributed by atoms with Gasteiger partial charge in [-0.2, -0.15) is 0 Å². The van der Waals surface area contributed by atoms with Gasteiger partial charge in [0, 0.05) is 38.3 Å². The number of nitrogen functional groups attached to an aromatic ring is 1. The number of piperazine rings is 1. The van der Waals surface area contributed by atoms with Crippen molar-refractivity contribution in [2.75, 3.05) is 36.8 Å². The van der Waals surface area contributed by atoms with Crippen molar-refractivity contribution in [3.05, 3.63) is 18.3 Å². The van der Waals surface area contributed by atoms with Crippen molar-refractivity contribution >= 4 is 17.4 Å². The van der Waals surface area contributed by atoms with Crippen LogP contribution in [-0.2, 0) is 4.79 Å². The summed E-state index contributed by atoms with van der Waals surface area (Å²) < 4.78 is 0. The Hall–Kier alpha value is -1.78. The SMILES string of the molecule is Nc1cccnc1N1CCN(C(=O)C2CCCCC2)CC1. The molecule has 1 saturated heterocycles. The number of amides is 1. The number of carbonyl (C=O) groups is 1. The highest BCUT2D eigenvalue weighted by atomic mass is 16.2. The van der Waals surface area contributed by atoms with Gasteiger partial charge in [-0.3, -0.25) is 4.79 Å². The molecule has 21 heavy (non-hydrogen) atoms. The third kappa shape index (κ3) is 3.12. The molecule has 1 aromatic heterocycles. The van der Waals surface area contributed by atoms with Crippen LogP contribution in [0.3, 0.4) is 0 Å². The minimum atomic E-state index is 0.269. The number of pyridine rings is 1. The van der Waals surface area contributed by atoms with Crippen LogP contribution in [-0.4, -0.2) is 42.0 Å². The second-order valence-electron chi connectivity index (χ2n) is 6.06. The number of nitrogens with two attached hydrogens (primary N) is 1. The van der Waals surface area contributed by atoms with Crippen molar-refractivity contribution in [2.24, 2.45) is 5.92 Å². The quantitative estimate of drug-likeness (QED) is 0.902. The molecule has 0 radical (unpaired) electrons. The molecule has 1 saturated carbocycles. The van der Waals surface area contributed by atoms with Gasteiger partial charge >= 0.3 is 0 Å². The molecule has 1 aromatic rings. The minimum absolute atomic E-state index is 0.269. The second kappa shape index (κ2) is 6.33. The fraction of sp³-hybridized carbons (Fsp3) is 0.625. The summed E-state index contributed by atoms with van der Waals surface area (Å²) in [4.78, 5) is 21.1. The molecule has 2 fully saturated rings. The molecule has 5 heteroatoms. The van der Waals surface area contributed by atoms with E-state index in [0.29, 0.717) is 11.6 Å². The van der Waals surface area contributed by atoms with Crippen LogP contribution < -0.4 is 10.6 Å². The first-order valence-corrected chi connectivity index (χ1v) is 8.00. The zero-order chi connectivity index (χ0) is 14.7. The number of hydrogen-bond acceptors (Lipinski definition) is 4. The topological polar surface area (TPSA) is 62.5 Å². The van der Waals surface area contributed by atoms with Gasteiger partial charge in [-0.1, -0.05) is 19.3 Å². The van der Waals surface area contributed by atoms with Crippen molar-refractivity contribution in [3.63, 3.8) is 0 Å². The number of rotatable bonds is 2. The first kappa shape index (κ1) is 14.2. The Morgan fingerprint density at radius 1 is 1.14 bits per heavy atom. The zero-order valence-corrected chi connectivity index (χ0v) is 12.5. The van der Waals surface area contributed by atoms with Gasteiger partial charge in [0.1, 0.15) is 0 Å². The third-order valence-electron chi connectivity index (χ3n) is 4.66. The largest absolute Gasteiger partial charge is 0.396 e. The summed E-state index contributed by atoms with van der Waals surface area (Å²) in [6, 6.07) is 3.73. The molecule has 2 heterocycles. The summed E-state index contributed by atoms with van der Waals surface area (Å²) in [5.74, 6) is 1.48. The van der Waals surface area contributed by atoms with Crippen molar-refractivity contribution < 1.29 is 4.79 Å². The van der Waals surface area contributed by atoms with E-state index in [4.69, 9.17) is 5.73 Å². The van der Waals surface area contributed by atoms with E-state index >= 15 is 0 Å². The van der Waals surface area contributed by atoms with E-state index in [2.05, 4.69) is 9.88 Å². The van der Waals surface area contributed by atoms with Crippen LogP contribution in [0.25, 0.3) is 0 Å².